The van der Waals surface area contributed by atoms with Crippen LogP contribution < -0.4 is 10.6 Å². The van der Waals surface area contributed by atoms with Crippen molar-refractivity contribution >= 4 is 11.9 Å². The van der Waals surface area contributed by atoms with Crippen LogP contribution in [0.25, 0.3) is 0 Å². The van der Waals surface area contributed by atoms with Crippen LogP contribution in [0.3, 0.4) is 0 Å². The average Bonchev–Trinajstić information content (AvgIpc) is 2.17. The van der Waals surface area contributed by atoms with E-state index in [9.17, 15) is 9.59 Å². The van der Waals surface area contributed by atoms with Gasteiger partial charge in [-0.2, -0.15) is 0 Å². The van der Waals surface area contributed by atoms with E-state index >= 15 is 0 Å². The van der Waals surface area contributed by atoms with Crippen molar-refractivity contribution < 1.29 is 14.3 Å². The van der Waals surface area contributed by atoms with E-state index in [4.69, 9.17) is 0 Å². The van der Waals surface area contributed by atoms with Gasteiger partial charge in [0.1, 0.15) is 6.04 Å². The van der Waals surface area contributed by atoms with E-state index in [1.165, 1.54) is 7.11 Å². The van der Waals surface area contributed by atoms with Crippen molar-refractivity contribution in [3.63, 3.8) is 0 Å². The minimum atomic E-state index is -0.409. The van der Waals surface area contributed by atoms with E-state index < -0.39 is 6.04 Å². The van der Waals surface area contributed by atoms with Gasteiger partial charge in [0.15, 0.2) is 0 Å². The highest BCUT2D eigenvalue weighted by molar-refractivity contribution is 5.80. The second-order valence-electron chi connectivity index (χ2n) is 3.59. The fourth-order valence-corrected chi connectivity index (χ4v) is 1.13. The summed E-state index contributed by atoms with van der Waals surface area (Å²) in [6.45, 7) is 5.76. The fourth-order valence-electron chi connectivity index (χ4n) is 1.13. The lowest BCUT2D eigenvalue weighted by molar-refractivity contribution is -0.143. The molecule has 0 fully saturated rings. The minimum Gasteiger partial charge on any atom is -0.468 e. The SMILES string of the molecule is CCC(NCC(=O)NC(C)C)C(=O)OC. The number of ether oxygens (including phenoxy) is 1. The molecule has 0 aliphatic carbocycles. The highest BCUT2D eigenvalue weighted by atomic mass is 16.5. The van der Waals surface area contributed by atoms with Gasteiger partial charge in [0.2, 0.25) is 5.91 Å². The molecule has 1 amide bonds. The molecule has 0 spiro atoms. The van der Waals surface area contributed by atoms with Crippen molar-refractivity contribution in [3.8, 4) is 0 Å². The van der Waals surface area contributed by atoms with Gasteiger partial charge in [-0.3, -0.25) is 14.9 Å². The Balaban J connectivity index is 3.90. The molecule has 0 aliphatic heterocycles. The van der Waals surface area contributed by atoms with Gasteiger partial charge in [-0.25, -0.2) is 0 Å². The van der Waals surface area contributed by atoms with Crippen LogP contribution >= 0.6 is 0 Å². The third kappa shape index (κ3) is 6.06. The number of rotatable bonds is 6. The fraction of sp³-hybridized carbons (Fsp3) is 0.800. The molecule has 0 aromatic rings. The lowest BCUT2D eigenvalue weighted by atomic mass is 10.2. The van der Waals surface area contributed by atoms with Crippen LogP contribution in [0.1, 0.15) is 27.2 Å². The van der Waals surface area contributed by atoms with E-state index in [1.807, 2.05) is 20.8 Å². The molecular weight excluding hydrogens is 196 g/mol. The van der Waals surface area contributed by atoms with Crippen LogP contribution in [0.15, 0.2) is 0 Å². The highest BCUT2D eigenvalue weighted by Gasteiger charge is 2.17. The summed E-state index contributed by atoms with van der Waals surface area (Å²) in [4.78, 5) is 22.4. The van der Waals surface area contributed by atoms with Crippen molar-refractivity contribution in [2.45, 2.75) is 39.3 Å². The molecule has 0 saturated carbocycles. The summed E-state index contributed by atoms with van der Waals surface area (Å²) in [7, 11) is 1.33. The van der Waals surface area contributed by atoms with Gasteiger partial charge in [-0.1, -0.05) is 6.92 Å². The smallest absolute Gasteiger partial charge is 0.322 e. The number of carbonyl (C=O) groups is 2. The molecule has 0 aromatic carbocycles. The maximum atomic E-state index is 11.3. The molecule has 15 heavy (non-hydrogen) atoms. The first-order chi connectivity index (χ1) is 7.01. The number of methoxy groups -OCH3 is 1. The van der Waals surface area contributed by atoms with E-state index in [-0.39, 0.29) is 24.5 Å². The van der Waals surface area contributed by atoms with Crippen molar-refractivity contribution in [1.82, 2.24) is 10.6 Å². The summed E-state index contributed by atoms with van der Waals surface area (Å²) in [6.07, 6.45) is 0.599. The summed E-state index contributed by atoms with van der Waals surface area (Å²) in [5.74, 6) is -0.456. The predicted octanol–water partition coefficient (Wildman–Crippen LogP) is 0.0522. The second-order valence-corrected chi connectivity index (χ2v) is 3.59. The number of nitrogens with one attached hydrogen (secondary N) is 2. The molecule has 5 nitrogen and oxygen atoms in total. The molecule has 0 bridgehead atoms. The lowest BCUT2D eigenvalue weighted by Gasteiger charge is -2.15. The second kappa shape index (κ2) is 7.23. The molecule has 2 N–H and O–H groups in total. The molecular formula is C10H20N2O3. The van der Waals surface area contributed by atoms with Crippen molar-refractivity contribution in [2.75, 3.05) is 13.7 Å². The van der Waals surface area contributed by atoms with Gasteiger partial charge in [0, 0.05) is 6.04 Å². The summed E-state index contributed by atoms with van der Waals surface area (Å²) >= 11 is 0. The van der Waals surface area contributed by atoms with Gasteiger partial charge in [-0.05, 0) is 20.3 Å². The standard InChI is InChI=1S/C10H20N2O3/c1-5-8(10(14)15-4)11-6-9(13)12-7(2)3/h7-8,11H,5-6H2,1-4H3,(H,12,13). The summed E-state index contributed by atoms with van der Waals surface area (Å²) in [6, 6.07) is -0.301. The quantitative estimate of drug-likeness (QED) is 0.616. The molecule has 0 aromatic heterocycles. The van der Waals surface area contributed by atoms with Crippen LogP contribution in [0, 0.1) is 0 Å². The molecule has 1 unspecified atom stereocenters. The van der Waals surface area contributed by atoms with E-state index in [1.54, 1.807) is 0 Å². The van der Waals surface area contributed by atoms with Gasteiger partial charge < -0.3 is 10.1 Å². The maximum Gasteiger partial charge on any atom is 0.322 e. The number of carbonyl (C=O) groups excluding carboxylic acids is 2. The number of hydrogen-bond acceptors (Lipinski definition) is 4. The monoisotopic (exact) mass is 216 g/mol. The molecule has 1 atom stereocenters. The molecule has 0 saturated heterocycles. The Bertz CT molecular complexity index is 217. The largest absolute Gasteiger partial charge is 0.468 e. The Morgan fingerprint density at radius 2 is 1.93 bits per heavy atom. The van der Waals surface area contributed by atoms with Gasteiger partial charge in [-0.15, -0.1) is 0 Å². The third-order valence-corrected chi connectivity index (χ3v) is 1.85. The van der Waals surface area contributed by atoms with Gasteiger partial charge >= 0.3 is 5.97 Å². The van der Waals surface area contributed by atoms with Crippen LogP contribution in [0.5, 0.6) is 0 Å². The predicted molar refractivity (Wildman–Crippen MR) is 57.4 cm³/mol. The Morgan fingerprint density at radius 3 is 2.33 bits per heavy atom. The number of hydrogen-bond donors (Lipinski definition) is 2. The van der Waals surface area contributed by atoms with Gasteiger partial charge in [0.25, 0.3) is 0 Å². The van der Waals surface area contributed by atoms with Crippen LogP contribution in [0.2, 0.25) is 0 Å². The molecule has 0 radical (unpaired) electrons. The summed E-state index contributed by atoms with van der Waals surface area (Å²) in [5, 5.41) is 5.56. The van der Waals surface area contributed by atoms with Crippen molar-refractivity contribution in [1.29, 1.82) is 0 Å². The summed E-state index contributed by atoms with van der Waals surface area (Å²) in [5.41, 5.74) is 0. The lowest BCUT2D eigenvalue weighted by Crippen LogP contribution is -2.44. The molecule has 0 aliphatic rings. The topological polar surface area (TPSA) is 67.4 Å². The van der Waals surface area contributed by atoms with E-state index in [2.05, 4.69) is 15.4 Å². The minimum absolute atomic E-state index is 0.109. The normalized spacial score (nSPS) is 12.3. The zero-order chi connectivity index (χ0) is 11.8. The average molecular weight is 216 g/mol. The van der Waals surface area contributed by atoms with Crippen LogP contribution in [0.4, 0.5) is 0 Å². The Morgan fingerprint density at radius 1 is 1.33 bits per heavy atom. The van der Waals surface area contributed by atoms with Crippen LogP contribution in [-0.4, -0.2) is 37.6 Å². The Hall–Kier alpha value is -1.10. The number of esters is 1. The molecule has 0 rings (SSSR count). The van der Waals surface area contributed by atoms with E-state index in [0.717, 1.165) is 0 Å². The Kier molecular flexibility index (Phi) is 6.70. The molecule has 5 heteroatoms. The van der Waals surface area contributed by atoms with Gasteiger partial charge in [0.05, 0.1) is 13.7 Å². The first-order valence-electron chi connectivity index (χ1n) is 5.11. The molecule has 88 valence electrons. The zero-order valence-corrected chi connectivity index (χ0v) is 9.79. The van der Waals surface area contributed by atoms with Crippen LogP contribution in [-0.2, 0) is 14.3 Å². The summed E-state index contributed by atoms with van der Waals surface area (Å²) < 4.78 is 4.58. The van der Waals surface area contributed by atoms with Crippen molar-refractivity contribution in [2.24, 2.45) is 0 Å². The first-order valence-corrected chi connectivity index (χ1v) is 5.11. The molecule has 0 heterocycles. The zero-order valence-electron chi connectivity index (χ0n) is 9.79. The highest BCUT2D eigenvalue weighted by Crippen LogP contribution is 1.93. The van der Waals surface area contributed by atoms with Crippen molar-refractivity contribution in [3.05, 3.63) is 0 Å². The number of amides is 1. The van der Waals surface area contributed by atoms with E-state index in [0.29, 0.717) is 6.42 Å². The first kappa shape index (κ1) is 13.9. The maximum absolute atomic E-state index is 11.3. The Labute approximate surface area is 90.6 Å². The third-order valence-electron chi connectivity index (χ3n) is 1.85.